The molecule has 0 N–H and O–H groups in total. The fourth-order valence-electron chi connectivity index (χ4n) is 5.81. The van der Waals surface area contributed by atoms with Crippen LogP contribution in [0.2, 0.25) is 0 Å². The lowest BCUT2D eigenvalue weighted by atomic mass is 9.62. The van der Waals surface area contributed by atoms with Gasteiger partial charge in [-0.25, -0.2) is 0 Å². The molecule has 2 aromatic rings. The second kappa shape index (κ2) is 7.92. The zero-order valence-corrected chi connectivity index (χ0v) is 23.0. The van der Waals surface area contributed by atoms with E-state index in [0.29, 0.717) is 13.2 Å². The van der Waals surface area contributed by atoms with Crippen molar-refractivity contribution >= 4 is 12.6 Å². The molecule has 0 radical (unpaired) electrons. The van der Waals surface area contributed by atoms with E-state index in [2.05, 4.69) is 98.7 Å². The predicted octanol–water partition coefficient (Wildman–Crippen LogP) is 5.89. The minimum absolute atomic E-state index is 0.119. The standard InChI is InChI=1S/C30H41BO4/c1-20-18-24-25(27(4,5)15-14-26(24,2)3)19-23(20)30(32-16-17-33-30)21-10-12-22(13-11-21)31-34-28(6,7)29(8,9)35-31/h10-13,18-19H,14-17H2,1-9H3. The van der Waals surface area contributed by atoms with E-state index >= 15 is 0 Å². The zero-order chi connectivity index (χ0) is 25.4. The molecule has 2 aliphatic heterocycles. The Bertz CT molecular complexity index is 1110. The summed E-state index contributed by atoms with van der Waals surface area (Å²) in [4.78, 5) is 0. The van der Waals surface area contributed by atoms with Crippen molar-refractivity contribution in [1.29, 1.82) is 0 Å². The SMILES string of the molecule is Cc1cc2c(cc1C1(c3ccc(B4OC(C)(C)C(C)(C)O4)cc3)OCCO1)C(C)(C)CCC2(C)C. The number of hydrogen-bond acceptors (Lipinski definition) is 4. The number of fused-ring (bicyclic) bond motifs is 1. The molecular formula is C30H41BO4. The van der Waals surface area contributed by atoms with E-state index in [0.717, 1.165) is 16.6 Å². The van der Waals surface area contributed by atoms with E-state index in [1.807, 2.05) is 0 Å². The molecule has 0 atom stereocenters. The number of rotatable bonds is 3. The van der Waals surface area contributed by atoms with Gasteiger partial charge in [0.2, 0.25) is 5.79 Å². The van der Waals surface area contributed by atoms with Gasteiger partial charge in [0.25, 0.3) is 0 Å². The lowest BCUT2D eigenvalue weighted by Crippen LogP contribution is -2.41. The van der Waals surface area contributed by atoms with Crippen LogP contribution in [0.4, 0.5) is 0 Å². The highest BCUT2D eigenvalue weighted by Gasteiger charge is 2.52. The van der Waals surface area contributed by atoms with Gasteiger partial charge in [-0.05, 0) is 86.5 Å². The van der Waals surface area contributed by atoms with Gasteiger partial charge in [0, 0.05) is 11.1 Å². The predicted molar refractivity (Wildman–Crippen MR) is 141 cm³/mol. The van der Waals surface area contributed by atoms with Gasteiger partial charge in [-0.2, -0.15) is 0 Å². The van der Waals surface area contributed by atoms with Gasteiger partial charge in [0.1, 0.15) is 0 Å². The van der Waals surface area contributed by atoms with Crippen LogP contribution in [0.25, 0.3) is 0 Å². The Hall–Kier alpha value is -1.66. The van der Waals surface area contributed by atoms with Crippen molar-refractivity contribution < 1.29 is 18.8 Å². The zero-order valence-electron chi connectivity index (χ0n) is 23.0. The summed E-state index contributed by atoms with van der Waals surface area (Å²) in [5.41, 5.74) is 6.77. The van der Waals surface area contributed by atoms with E-state index in [9.17, 15) is 0 Å². The average molecular weight is 476 g/mol. The molecule has 5 rings (SSSR count). The molecule has 35 heavy (non-hydrogen) atoms. The molecule has 0 saturated carbocycles. The fourth-order valence-corrected chi connectivity index (χ4v) is 5.81. The maximum atomic E-state index is 6.45. The molecule has 0 amide bonds. The third kappa shape index (κ3) is 3.90. The first-order chi connectivity index (χ1) is 16.2. The molecular weight excluding hydrogens is 435 g/mol. The summed E-state index contributed by atoms with van der Waals surface area (Å²) in [5, 5.41) is 0. The Balaban J connectivity index is 1.56. The first kappa shape index (κ1) is 25.0. The molecule has 5 heteroatoms. The summed E-state index contributed by atoms with van der Waals surface area (Å²) in [7, 11) is -0.385. The Labute approximate surface area is 211 Å². The Morgan fingerprint density at radius 2 is 1.14 bits per heavy atom. The van der Waals surface area contributed by atoms with Crippen LogP contribution in [0.3, 0.4) is 0 Å². The van der Waals surface area contributed by atoms with Crippen molar-refractivity contribution in [2.45, 2.75) is 103 Å². The quantitative estimate of drug-likeness (QED) is 0.518. The molecule has 0 unspecified atom stereocenters. The lowest BCUT2D eigenvalue weighted by molar-refractivity contribution is -0.130. The average Bonchev–Trinajstić information content (AvgIpc) is 3.34. The fraction of sp³-hybridized carbons (Fsp3) is 0.600. The van der Waals surface area contributed by atoms with E-state index in [1.165, 1.54) is 29.5 Å². The molecule has 1 aliphatic carbocycles. The molecule has 2 saturated heterocycles. The van der Waals surface area contributed by atoms with Crippen molar-refractivity contribution in [2.24, 2.45) is 0 Å². The van der Waals surface area contributed by atoms with Crippen LogP contribution in [0.15, 0.2) is 36.4 Å². The van der Waals surface area contributed by atoms with Gasteiger partial charge in [-0.3, -0.25) is 0 Å². The van der Waals surface area contributed by atoms with Gasteiger partial charge in [0.15, 0.2) is 0 Å². The number of benzene rings is 2. The number of ether oxygens (including phenoxy) is 2. The van der Waals surface area contributed by atoms with Gasteiger partial charge in [-0.15, -0.1) is 0 Å². The van der Waals surface area contributed by atoms with Gasteiger partial charge >= 0.3 is 7.12 Å². The van der Waals surface area contributed by atoms with Crippen LogP contribution < -0.4 is 5.46 Å². The summed E-state index contributed by atoms with van der Waals surface area (Å²) < 4.78 is 25.4. The van der Waals surface area contributed by atoms with E-state index in [4.69, 9.17) is 18.8 Å². The van der Waals surface area contributed by atoms with Crippen LogP contribution in [0, 0.1) is 6.92 Å². The van der Waals surface area contributed by atoms with Crippen molar-refractivity contribution in [1.82, 2.24) is 0 Å². The second-order valence-electron chi connectivity index (χ2n) is 13.0. The Morgan fingerprint density at radius 1 is 0.657 bits per heavy atom. The molecule has 0 aromatic heterocycles. The summed E-state index contributed by atoms with van der Waals surface area (Å²) >= 11 is 0. The monoisotopic (exact) mass is 476 g/mol. The lowest BCUT2D eigenvalue weighted by Gasteiger charge is -2.43. The smallest absolute Gasteiger partial charge is 0.399 e. The molecule has 2 fully saturated rings. The van der Waals surface area contributed by atoms with E-state index < -0.39 is 5.79 Å². The van der Waals surface area contributed by atoms with Gasteiger partial charge in [-0.1, -0.05) is 58.0 Å². The van der Waals surface area contributed by atoms with Crippen LogP contribution in [0.1, 0.15) is 96.0 Å². The summed E-state index contributed by atoms with van der Waals surface area (Å²) in [6.07, 6.45) is 2.37. The topological polar surface area (TPSA) is 36.9 Å². The molecule has 0 bridgehead atoms. The summed E-state index contributed by atoms with van der Waals surface area (Å²) in [5.74, 6) is -0.898. The maximum absolute atomic E-state index is 6.45. The Kier molecular flexibility index (Phi) is 5.66. The molecule has 4 nitrogen and oxygen atoms in total. The molecule has 0 spiro atoms. The van der Waals surface area contributed by atoms with Crippen molar-refractivity contribution in [3.8, 4) is 0 Å². The minimum Gasteiger partial charge on any atom is -0.399 e. The number of hydrogen-bond donors (Lipinski definition) is 0. The molecule has 188 valence electrons. The van der Waals surface area contributed by atoms with Gasteiger partial charge < -0.3 is 18.8 Å². The maximum Gasteiger partial charge on any atom is 0.494 e. The summed E-state index contributed by atoms with van der Waals surface area (Å²) in [6, 6.07) is 13.2. The highest BCUT2D eigenvalue weighted by Crippen LogP contribution is 2.49. The highest BCUT2D eigenvalue weighted by atomic mass is 16.7. The number of aryl methyl sites for hydroxylation is 1. The third-order valence-corrected chi connectivity index (χ3v) is 9.06. The van der Waals surface area contributed by atoms with Crippen molar-refractivity contribution in [3.05, 3.63) is 64.2 Å². The van der Waals surface area contributed by atoms with Crippen LogP contribution in [-0.2, 0) is 35.4 Å². The van der Waals surface area contributed by atoms with E-state index in [1.54, 1.807) is 0 Å². The largest absolute Gasteiger partial charge is 0.494 e. The first-order valence-corrected chi connectivity index (χ1v) is 13.1. The molecule has 2 heterocycles. The van der Waals surface area contributed by atoms with Gasteiger partial charge in [0.05, 0.1) is 24.4 Å². The summed E-state index contributed by atoms with van der Waals surface area (Å²) in [6.45, 7) is 21.1. The van der Waals surface area contributed by atoms with Crippen LogP contribution in [-0.4, -0.2) is 31.5 Å². The van der Waals surface area contributed by atoms with Crippen LogP contribution >= 0.6 is 0 Å². The minimum atomic E-state index is -0.898. The first-order valence-electron chi connectivity index (χ1n) is 13.1. The van der Waals surface area contributed by atoms with Crippen molar-refractivity contribution in [3.63, 3.8) is 0 Å². The Morgan fingerprint density at radius 3 is 1.66 bits per heavy atom. The third-order valence-electron chi connectivity index (χ3n) is 9.06. The van der Waals surface area contributed by atoms with E-state index in [-0.39, 0.29) is 29.2 Å². The normalized spacial score (nSPS) is 25.5. The van der Waals surface area contributed by atoms with Crippen LogP contribution in [0.5, 0.6) is 0 Å². The molecule has 3 aliphatic rings. The molecule has 2 aromatic carbocycles. The van der Waals surface area contributed by atoms with Crippen molar-refractivity contribution in [2.75, 3.05) is 13.2 Å². The highest BCUT2D eigenvalue weighted by molar-refractivity contribution is 6.62. The second-order valence-corrected chi connectivity index (χ2v) is 13.0.